The highest BCUT2D eigenvalue weighted by Crippen LogP contribution is 2.28. The Kier molecular flexibility index (Phi) is 5.72. The Morgan fingerprint density at radius 1 is 1.25 bits per heavy atom. The summed E-state index contributed by atoms with van der Waals surface area (Å²) in [4.78, 5) is 26.7. The first-order valence-corrected chi connectivity index (χ1v) is 8.62. The van der Waals surface area contributed by atoms with Gasteiger partial charge in [0.25, 0.3) is 0 Å². The van der Waals surface area contributed by atoms with E-state index in [1.54, 1.807) is 5.38 Å². The third-order valence-corrected chi connectivity index (χ3v) is 4.94. The zero-order chi connectivity index (χ0) is 17.7. The lowest BCUT2D eigenvalue weighted by atomic mass is 9.82. The molecule has 0 spiro atoms. The summed E-state index contributed by atoms with van der Waals surface area (Å²) < 4.78 is 5.51. The Bertz CT molecular complexity index is 719. The number of nitrogens with zero attached hydrogens (tertiary/aromatic N) is 1. The van der Waals surface area contributed by atoms with Gasteiger partial charge in [0, 0.05) is 5.38 Å². The average Bonchev–Trinajstić information content (AvgIpc) is 3.00. The summed E-state index contributed by atoms with van der Waals surface area (Å²) in [6, 6.07) is 7.74. The molecule has 1 heterocycles. The summed E-state index contributed by atoms with van der Waals surface area (Å²) in [5, 5.41) is 10.6. The van der Waals surface area contributed by atoms with Crippen molar-refractivity contribution in [1.82, 2.24) is 4.98 Å². The van der Waals surface area contributed by atoms with E-state index in [2.05, 4.69) is 25.8 Å². The van der Waals surface area contributed by atoms with E-state index >= 15 is 0 Å². The van der Waals surface area contributed by atoms with Gasteiger partial charge in [0.2, 0.25) is 5.78 Å². The van der Waals surface area contributed by atoms with E-state index in [-0.39, 0.29) is 29.2 Å². The van der Waals surface area contributed by atoms with Crippen LogP contribution >= 0.6 is 11.3 Å². The fourth-order valence-electron chi connectivity index (χ4n) is 2.09. The summed E-state index contributed by atoms with van der Waals surface area (Å²) in [5.41, 5.74) is 1.72. The molecule has 2 aromatic rings. The normalized spacial score (nSPS) is 11.3. The maximum Gasteiger partial charge on any atom is 0.309 e. The number of thiazole rings is 1. The van der Waals surface area contributed by atoms with Crippen LogP contribution in [0.2, 0.25) is 0 Å². The standard InChI is InChI=1S/C18H21NO4S/c1-4-18(2,3)12-5-7-14(8-6-12)23-10-15(20)17-19-13(11-24-17)9-16(21)22/h5-8,11H,4,9-10H2,1-3H3,(H,21,22). The number of Topliss-reactive ketones (excluding diaryl/α,β-unsaturated/α-hetero) is 1. The molecular weight excluding hydrogens is 326 g/mol. The summed E-state index contributed by atoms with van der Waals surface area (Å²) in [5.74, 6) is -0.596. The Balaban J connectivity index is 1.94. The molecule has 1 N–H and O–H groups in total. The maximum atomic E-state index is 12.1. The highest BCUT2D eigenvalue weighted by Gasteiger charge is 2.18. The van der Waals surface area contributed by atoms with Crippen molar-refractivity contribution in [3.05, 3.63) is 45.9 Å². The van der Waals surface area contributed by atoms with E-state index in [0.29, 0.717) is 11.4 Å². The molecule has 0 atom stereocenters. The summed E-state index contributed by atoms with van der Waals surface area (Å²) in [6.07, 6.45) is 0.855. The maximum absolute atomic E-state index is 12.1. The fourth-order valence-corrected chi connectivity index (χ4v) is 2.83. The molecule has 0 saturated heterocycles. The van der Waals surface area contributed by atoms with E-state index < -0.39 is 5.97 Å². The van der Waals surface area contributed by atoms with Crippen molar-refractivity contribution in [2.24, 2.45) is 0 Å². The van der Waals surface area contributed by atoms with Crippen LogP contribution in [0.15, 0.2) is 29.6 Å². The molecule has 24 heavy (non-hydrogen) atoms. The van der Waals surface area contributed by atoms with Crippen molar-refractivity contribution in [2.75, 3.05) is 6.61 Å². The van der Waals surface area contributed by atoms with Gasteiger partial charge in [0.15, 0.2) is 11.6 Å². The van der Waals surface area contributed by atoms with Gasteiger partial charge in [-0.2, -0.15) is 0 Å². The Labute approximate surface area is 145 Å². The van der Waals surface area contributed by atoms with Crippen molar-refractivity contribution < 1.29 is 19.4 Å². The lowest BCUT2D eigenvalue weighted by molar-refractivity contribution is -0.136. The van der Waals surface area contributed by atoms with Gasteiger partial charge in [-0.3, -0.25) is 9.59 Å². The molecule has 2 rings (SSSR count). The largest absolute Gasteiger partial charge is 0.485 e. The van der Waals surface area contributed by atoms with Crippen molar-refractivity contribution in [3.8, 4) is 5.75 Å². The fraction of sp³-hybridized carbons (Fsp3) is 0.389. The molecule has 0 aliphatic rings. The number of carboxylic acids is 1. The van der Waals surface area contributed by atoms with Crippen molar-refractivity contribution in [3.63, 3.8) is 0 Å². The summed E-state index contributed by atoms with van der Waals surface area (Å²) in [6.45, 7) is 6.40. The summed E-state index contributed by atoms with van der Waals surface area (Å²) in [7, 11) is 0. The molecule has 0 amide bonds. The SMILES string of the molecule is CCC(C)(C)c1ccc(OCC(=O)c2nc(CC(=O)O)cs2)cc1. The van der Waals surface area contributed by atoms with Crippen LogP contribution in [-0.2, 0) is 16.6 Å². The number of carbonyl (C=O) groups is 2. The highest BCUT2D eigenvalue weighted by atomic mass is 32.1. The lowest BCUT2D eigenvalue weighted by Crippen LogP contribution is -2.15. The first-order chi connectivity index (χ1) is 11.3. The number of aromatic nitrogens is 1. The van der Waals surface area contributed by atoms with Gasteiger partial charge >= 0.3 is 5.97 Å². The van der Waals surface area contributed by atoms with E-state index in [1.807, 2.05) is 24.3 Å². The first-order valence-electron chi connectivity index (χ1n) is 7.74. The predicted octanol–water partition coefficient (Wildman–Crippen LogP) is 3.72. The number of benzene rings is 1. The number of rotatable bonds is 8. The van der Waals surface area contributed by atoms with Crippen LogP contribution in [0.1, 0.15) is 48.3 Å². The van der Waals surface area contributed by atoms with Crippen LogP contribution in [-0.4, -0.2) is 28.4 Å². The number of hydrogen-bond donors (Lipinski definition) is 1. The monoisotopic (exact) mass is 347 g/mol. The third-order valence-electron chi connectivity index (χ3n) is 4.01. The zero-order valence-electron chi connectivity index (χ0n) is 14.0. The minimum Gasteiger partial charge on any atom is -0.485 e. The summed E-state index contributed by atoms with van der Waals surface area (Å²) >= 11 is 1.14. The lowest BCUT2D eigenvalue weighted by Gasteiger charge is -2.23. The third kappa shape index (κ3) is 4.64. The van der Waals surface area contributed by atoms with Crippen molar-refractivity contribution in [1.29, 1.82) is 0 Å². The highest BCUT2D eigenvalue weighted by molar-refractivity contribution is 7.11. The van der Waals surface area contributed by atoms with E-state index in [1.165, 1.54) is 5.56 Å². The van der Waals surface area contributed by atoms with Crippen LogP contribution in [0.4, 0.5) is 0 Å². The van der Waals surface area contributed by atoms with Gasteiger partial charge in [0.05, 0.1) is 12.1 Å². The first kappa shape index (κ1) is 18.1. The second-order valence-corrected chi connectivity index (χ2v) is 7.05. The van der Waals surface area contributed by atoms with Gasteiger partial charge in [-0.25, -0.2) is 4.98 Å². The number of ketones is 1. The van der Waals surface area contributed by atoms with Crippen molar-refractivity contribution in [2.45, 2.75) is 39.0 Å². The minimum absolute atomic E-state index is 0.107. The minimum atomic E-state index is -0.967. The van der Waals surface area contributed by atoms with Crippen molar-refractivity contribution >= 4 is 23.1 Å². The van der Waals surface area contributed by atoms with E-state index in [4.69, 9.17) is 9.84 Å². The zero-order valence-corrected chi connectivity index (χ0v) is 14.9. The molecule has 0 unspecified atom stereocenters. The predicted molar refractivity (Wildman–Crippen MR) is 93.0 cm³/mol. The van der Waals surface area contributed by atoms with Gasteiger partial charge < -0.3 is 9.84 Å². The molecule has 128 valence electrons. The molecule has 0 saturated carbocycles. The van der Waals surface area contributed by atoms with Crippen LogP contribution in [0, 0.1) is 0 Å². The van der Waals surface area contributed by atoms with Gasteiger partial charge in [0.1, 0.15) is 5.75 Å². The number of carboxylic acid groups (broad SMARTS) is 1. The van der Waals surface area contributed by atoms with Gasteiger partial charge in [-0.1, -0.05) is 32.9 Å². The Morgan fingerprint density at radius 2 is 1.92 bits per heavy atom. The van der Waals surface area contributed by atoms with E-state index in [0.717, 1.165) is 17.8 Å². The number of carbonyl (C=O) groups excluding carboxylic acids is 1. The second kappa shape index (κ2) is 7.57. The Morgan fingerprint density at radius 3 is 2.50 bits per heavy atom. The molecule has 0 bridgehead atoms. The molecule has 1 aromatic carbocycles. The molecular formula is C18H21NO4S. The van der Waals surface area contributed by atoms with Crippen LogP contribution in [0.3, 0.4) is 0 Å². The molecule has 0 radical (unpaired) electrons. The quantitative estimate of drug-likeness (QED) is 0.737. The Hall–Kier alpha value is -2.21. The van der Waals surface area contributed by atoms with Crippen LogP contribution < -0.4 is 4.74 Å². The molecule has 0 fully saturated rings. The number of hydrogen-bond acceptors (Lipinski definition) is 5. The topological polar surface area (TPSA) is 76.5 Å². The molecule has 0 aliphatic carbocycles. The molecule has 1 aromatic heterocycles. The second-order valence-electron chi connectivity index (χ2n) is 6.19. The molecule has 6 heteroatoms. The smallest absolute Gasteiger partial charge is 0.309 e. The van der Waals surface area contributed by atoms with E-state index in [9.17, 15) is 9.59 Å². The van der Waals surface area contributed by atoms with Crippen LogP contribution in [0.25, 0.3) is 0 Å². The number of aliphatic carboxylic acids is 1. The number of ether oxygens (including phenoxy) is 1. The molecule has 0 aliphatic heterocycles. The van der Waals surface area contributed by atoms with Crippen LogP contribution in [0.5, 0.6) is 5.75 Å². The molecule has 5 nitrogen and oxygen atoms in total. The van der Waals surface area contributed by atoms with Gasteiger partial charge in [-0.15, -0.1) is 11.3 Å². The van der Waals surface area contributed by atoms with Gasteiger partial charge in [-0.05, 0) is 29.5 Å². The average molecular weight is 347 g/mol.